The van der Waals surface area contributed by atoms with E-state index in [-0.39, 0.29) is 5.82 Å². The topological polar surface area (TPSA) is 21.3 Å². The normalized spacial score (nSPS) is 12.7. The largest absolute Gasteiger partial charge is 0.383 e. The van der Waals surface area contributed by atoms with E-state index in [0.29, 0.717) is 17.1 Å². The van der Waals surface area contributed by atoms with Gasteiger partial charge in [-0.3, -0.25) is 0 Å². The summed E-state index contributed by atoms with van der Waals surface area (Å²) in [4.78, 5) is 0. The van der Waals surface area contributed by atoms with Crippen LogP contribution in [0.5, 0.6) is 0 Å². The molecule has 17 heavy (non-hydrogen) atoms. The average molecular weight is 304 g/mol. The van der Waals surface area contributed by atoms with Crippen LogP contribution < -0.4 is 5.32 Å². The molecule has 0 aromatic heterocycles. The van der Waals surface area contributed by atoms with Gasteiger partial charge in [0, 0.05) is 19.7 Å². The van der Waals surface area contributed by atoms with E-state index in [1.165, 1.54) is 6.07 Å². The van der Waals surface area contributed by atoms with Crippen LogP contribution in [-0.4, -0.2) is 19.8 Å². The first-order valence-corrected chi connectivity index (χ1v) is 6.63. The summed E-state index contributed by atoms with van der Waals surface area (Å²) in [7, 11) is 1.71. The lowest BCUT2D eigenvalue weighted by molar-refractivity contribution is 0.161. The van der Waals surface area contributed by atoms with Gasteiger partial charge in [0.15, 0.2) is 0 Å². The number of halogens is 2. The number of rotatable bonds is 7. The predicted octanol–water partition coefficient (Wildman–Crippen LogP) is 3.49. The van der Waals surface area contributed by atoms with E-state index in [4.69, 9.17) is 4.74 Å². The lowest BCUT2D eigenvalue weighted by Crippen LogP contribution is -2.32. The number of hydrogen-bond acceptors (Lipinski definition) is 2. The molecule has 4 heteroatoms. The van der Waals surface area contributed by atoms with E-state index in [2.05, 4.69) is 28.2 Å². The van der Waals surface area contributed by atoms with Gasteiger partial charge in [-0.25, -0.2) is 4.39 Å². The van der Waals surface area contributed by atoms with Gasteiger partial charge in [-0.05, 0) is 40.0 Å². The molecule has 0 spiro atoms. The van der Waals surface area contributed by atoms with E-state index in [9.17, 15) is 4.39 Å². The van der Waals surface area contributed by atoms with E-state index in [1.54, 1.807) is 19.2 Å². The molecule has 0 saturated carbocycles. The zero-order chi connectivity index (χ0) is 12.7. The van der Waals surface area contributed by atoms with Gasteiger partial charge in [0.1, 0.15) is 5.82 Å². The molecular weight excluding hydrogens is 285 g/mol. The first-order valence-electron chi connectivity index (χ1n) is 5.83. The van der Waals surface area contributed by atoms with Crippen molar-refractivity contribution in [2.45, 2.75) is 32.4 Å². The maximum Gasteiger partial charge on any atom is 0.137 e. The zero-order valence-electron chi connectivity index (χ0n) is 10.3. The fourth-order valence-corrected chi connectivity index (χ4v) is 2.13. The Kier molecular flexibility index (Phi) is 6.70. The van der Waals surface area contributed by atoms with E-state index < -0.39 is 0 Å². The molecule has 96 valence electrons. The van der Waals surface area contributed by atoms with Crippen LogP contribution in [0.25, 0.3) is 0 Å². The number of benzene rings is 1. The Morgan fingerprint density at radius 1 is 1.47 bits per heavy atom. The van der Waals surface area contributed by atoms with Crippen LogP contribution in [0.1, 0.15) is 25.3 Å². The zero-order valence-corrected chi connectivity index (χ0v) is 11.9. The predicted molar refractivity (Wildman–Crippen MR) is 71.5 cm³/mol. The van der Waals surface area contributed by atoms with Gasteiger partial charge in [-0.2, -0.15) is 0 Å². The molecule has 1 rings (SSSR count). The Balaban J connectivity index is 2.49. The van der Waals surface area contributed by atoms with Crippen molar-refractivity contribution in [3.05, 3.63) is 34.1 Å². The van der Waals surface area contributed by atoms with E-state index in [0.717, 1.165) is 24.9 Å². The molecule has 0 aliphatic carbocycles. The van der Waals surface area contributed by atoms with Crippen LogP contribution in [0.15, 0.2) is 22.7 Å². The van der Waals surface area contributed by atoms with Crippen LogP contribution in [0.3, 0.4) is 0 Å². The van der Waals surface area contributed by atoms with E-state index in [1.807, 2.05) is 0 Å². The standard InChI is InChI=1S/C13H19BrFNO/c1-3-4-11(9-17-2)16-8-10-5-6-13(15)12(14)7-10/h5-7,11,16H,3-4,8-9H2,1-2H3. The molecule has 0 aliphatic heterocycles. The first kappa shape index (κ1) is 14.6. The number of hydrogen-bond donors (Lipinski definition) is 1. The lowest BCUT2D eigenvalue weighted by atomic mass is 10.1. The minimum Gasteiger partial charge on any atom is -0.383 e. The van der Waals surface area contributed by atoms with Gasteiger partial charge < -0.3 is 10.1 Å². The molecule has 1 aromatic carbocycles. The smallest absolute Gasteiger partial charge is 0.137 e. The summed E-state index contributed by atoms with van der Waals surface area (Å²) in [5.74, 6) is -0.226. The number of nitrogens with one attached hydrogen (secondary N) is 1. The van der Waals surface area contributed by atoms with Crippen molar-refractivity contribution >= 4 is 15.9 Å². The fraction of sp³-hybridized carbons (Fsp3) is 0.538. The molecule has 1 unspecified atom stereocenters. The third-order valence-electron chi connectivity index (χ3n) is 2.58. The van der Waals surface area contributed by atoms with Crippen molar-refractivity contribution in [3.8, 4) is 0 Å². The minimum atomic E-state index is -0.226. The molecule has 0 radical (unpaired) electrons. The Morgan fingerprint density at radius 2 is 2.24 bits per heavy atom. The fourth-order valence-electron chi connectivity index (χ4n) is 1.71. The van der Waals surface area contributed by atoms with Gasteiger partial charge in [0.05, 0.1) is 11.1 Å². The number of methoxy groups -OCH3 is 1. The molecular formula is C13H19BrFNO. The second kappa shape index (κ2) is 7.80. The van der Waals surface area contributed by atoms with Gasteiger partial charge in [-0.1, -0.05) is 19.4 Å². The Hall–Kier alpha value is -0.450. The molecule has 0 aliphatic rings. The van der Waals surface area contributed by atoms with Crippen molar-refractivity contribution in [1.82, 2.24) is 5.32 Å². The van der Waals surface area contributed by atoms with Gasteiger partial charge in [0.25, 0.3) is 0 Å². The summed E-state index contributed by atoms with van der Waals surface area (Å²) in [6.45, 7) is 3.59. The Labute approximate surface area is 111 Å². The molecule has 0 heterocycles. The second-order valence-electron chi connectivity index (χ2n) is 4.07. The molecule has 1 atom stereocenters. The third kappa shape index (κ3) is 5.15. The van der Waals surface area contributed by atoms with Crippen LogP contribution in [0.2, 0.25) is 0 Å². The Morgan fingerprint density at radius 3 is 2.82 bits per heavy atom. The van der Waals surface area contributed by atoms with E-state index >= 15 is 0 Å². The SMILES string of the molecule is CCCC(COC)NCc1ccc(F)c(Br)c1. The molecule has 0 saturated heterocycles. The van der Waals surface area contributed by atoms with Crippen molar-refractivity contribution in [3.63, 3.8) is 0 Å². The van der Waals surface area contributed by atoms with Crippen molar-refractivity contribution in [2.75, 3.05) is 13.7 Å². The summed E-state index contributed by atoms with van der Waals surface area (Å²) in [5.41, 5.74) is 1.07. The highest BCUT2D eigenvalue weighted by atomic mass is 79.9. The van der Waals surface area contributed by atoms with Gasteiger partial charge >= 0.3 is 0 Å². The summed E-state index contributed by atoms with van der Waals surface area (Å²) in [5, 5.41) is 3.42. The number of ether oxygens (including phenoxy) is 1. The average Bonchev–Trinajstić information content (AvgIpc) is 2.31. The molecule has 0 fully saturated rings. The highest BCUT2D eigenvalue weighted by Crippen LogP contribution is 2.16. The van der Waals surface area contributed by atoms with Crippen molar-refractivity contribution in [1.29, 1.82) is 0 Å². The molecule has 1 N–H and O–H groups in total. The summed E-state index contributed by atoms with van der Waals surface area (Å²) < 4.78 is 18.7. The second-order valence-corrected chi connectivity index (χ2v) is 4.92. The summed E-state index contributed by atoms with van der Waals surface area (Å²) in [6, 6.07) is 5.43. The molecule has 0 bridgehead atoms. The lowest BCUT2D eigenvalue weighted by Gasteiger charge is -2.17. The maximum absolute atomic E-state index is 13.1. The quantitative estimate of drug-likeness (QED) is 0.832. The van der Waals surface area contributed by atoms with Crippen LogP contribution in [0, 0.1) is 5.82 Å². The molecule has 1 aromatic rings. The van der Waals surface area contributed by atoms with Crippen LogP contribution in [0.4, 0.5) is 4.39 Å². The van der Waals surface area contributed by atoms with Crippen LogP contribution >= 0.6 is 15.9 Å². The van der Waals surface area contributed by atoms with Gasteiger partial charge in [0.2, 0.25) is 0 Å². The minimum absolute atomic E-state index is 0.226. The van der Waals surface area contributed by atoms with Crippen molar-refractivity contribution in [2.24, 2.45) is 0 Å². The third-order valence-corrected chi connectivity index (χ3v) is 3.19. The van der Waals surface area contributed by atoms with Crippen LogP contribution in [-0.2, 0) is 11.3 Å². The highest BCUT2D eigenvalue weighted by Gasteiger charge is 2.07. The molecule has 2 nitrogen and oxygen atoms in total. The first-order chi connectivity index (χ1) is 8.17. The summed E-state index contributed by atoms with van der Waals surface area (Å²) in [6.07, 6.45) is 2.20. The highest BCUT2D eigenvalue weighted by molar-refractivity contribution is 9.10. The summed E-state index contributed by atoms with van der Waals surface area (Å²) >= 11 is 3.19. The molecule has 0 amide bonds. The Bertz CT molecular complexity index is 340. The monoisotopic (exact) mass is 303 g/mol. The van der Waals surface area contributed by atoms with Crippen molar-refractivity contribution < 1.29 is 9.13 Å². The maximum atomic E-state index is 13.1. The van der Waals surface area contributed by atoms with Gasteiger partial charge in [-0.15, -0.1) is 0 Å².